The number of sulfonamides is 1. The molecular weight excluding hydrogens is 316 g/mol. The molecule has 8 heteroatoms. The average Bonchev–Trinajstić information content (AvgIpc) is 2.38. The Morgan fingerprint density at radius 1 is 1.43 bits per heavy atom. The summed E-state index contributed by atoms with van der Waals surface area (Å²) in [5.41, 5.74) is 5.84. The Hall–Kier alpha value is -1.31. The third-order valence-electron chi connectivity index (χ3n) is 2.73. The number of halogens is 1. The highest BCUT2D eigenvalue weighted by molar-refractivity contribution is 7.89. The van der Waals surface area contributed by atoms with Crippen molar-refractivity contribution in [2.45, 2.75) is 31.2 Å². The lowest BCUT2D eigenvalue weighted by molar-refractivity contribution is -0.143. The summed E-state index contributed by atoms with van der Waals surface area (Å²) in [5, 5.41) is 0.0323. The van der Waals surface area contributed by atoms with E-state index in [0.717, 1.165) is 0 Å². The summed E-state index contributed by atoms with van der Waals surface area (Å²) >= 11 is 5.89. The number of carbonyl (C=O) groups excluding carboxylic acids is 1. The number of methoxy groups -OCH3 is 1. The van der Waals surface area contributed by atoms with E-state index >= 15 is 0 Å². The van der Waals surface area contributed by atoms with Crippen LogP contribution in [0.15, 0.2) is 23.1 Å². The normalized spacial score (nSPS) is 13.2. The summed E-state index contributed by atoms with van der Waals surface area (Å²) in [6.45, 7) is 3.75. The van der Waals surface area contributed by atoms with Crippen molar-refractivity contribution < 1.29 is 17.9 Å². The number of ether oxygens (including phenoxy) is 1. The maximum Gasteiger partial charge on any atom is 0.323 e. The van der Waals surface area contributed by atoms with Crippen LogP contribution in [0.3, 0.4) is 0 Å². The van der Waals surface area contributed by atoms with E-state index in [9.17, 15) is 13.2 Å². The van der Waals surface area contributed by atoms with E-state index in [2.05, 4.69) is 9.46 Å². The first kappa shape index (κ1) is 17.7. The van der Waals surface area contributed by atoms with Gasteiger partial charge in [-0.3, -0.25) is 4.79 Å². The van der Waals surface area contributed by atoms with Gasteiger partial charge in [-0.25, -0.2) is 8.42 Å². The number of anilines is 1. The molecule has 1 rings (SSSR count). The smallest absolute Gasteiger partial charge is 0.323 e. The summed E-state index contributed by atoms with van der Waals surface area (Å²) in [4.78, 5) is 11.5. The maximum absolute atomic E-state index is 12.4. The van der Waals surface area contributed by atoms with Crippen molar-refractivity contribution in [2.75, 3.05) is 12.8 Å². The van der Waals surface area contributed by atoms with Crippen LogP contribution >= 0.6 is 11.6 Å². The number of carbonyl (C=O) groups is 1. The van der Waals surface area contributed by atoms with Crippen molar-refractivity contribution in [3.05, 3.63) is 23.2 Å². The van der Waals surface area contributed by atoms with Crippen LogP contribution in [-0.4, -0.2) is 27.5 Å². The molecule has 0 fully saturated rings. The van der Waals surface area contributed by atoms with E-state index < -0.39 is 22.0 Å². The maximum atomic E-state index is 12.4. The van der Waals surface area contributed by atoms with Crippen LogP contribution in [0.2, 0.25) is 5.02 Å². The van der Waals surface area contributed by atoms with Crippen LogP contribution in [0, 0.1) is 5.92 Å². The van der Waals surface area contributed by atoms with Crippen LogP contribution in [0.4, 0.5) is 5.69 Å². The molecule has 0 amide bonds. The molecule has 0 aliphatic rings. The largest absolute Gasteiger partial charge is 0.468 e. The molecule has 0 heterocycles. The van der Waals surface area contributed by atoms with Crippen LogP contribution < -0.4 is 10.5 Å². The zero-order chi connectivity index (χ0) is 16.2. The van der Waals surface area contributed by atoms with E-state index in [4.69, 9.17) is 17.3 Å². The van der Waals surface area contributed by atoms with Crippen LogP contribution in [0.1, 0.15) is 20.3 Å². The van der Waals surface area contributed by atoms with Gasteiger partial charge in [0, 0.05) is 5.69 Å². The summed E-state index contributed by atoms with van der Waals surface area (Å²) < 4.78 is 31.7. The number of hydrogen-bond donors (Lipinski definition) is 2. The molecule has 0 spiro atoms. The van der Waals surface area contributed by atoms with Gasteiger partial charge in [0.25, 0.3) is 0 Å². The van der Waals surface area contributed by atoms with E-state index in [1.54, 1.807) is 0 Å². The molecule has 0 aromatic heterocycles. The minimum absolute atomic E-state index is 0.0323. The van der Waals surface area contributed by atoms with Crippen LogP contribution in [0.25, 0.3) is 0 Å². The molecule has 21 heavy (non-hydrogen) atoms. The first-order valence-corrected chi connectivity index (χ1v) is 8.18. The molecular formula is C13H19ClN2O4S. The highest BCUT2D eigenvalue weighted by Gasteiger charge is 2.28. The Morgan fingerprint density at radius 3 is 2.57 bits per heavy atom. The molecule has 0 saturated carbocycles. The molecule has 118 valence electrons. The predicted octanol–water partition coefficient (Wildman–Crippen LogP) is 1.79. The number of esters is 1. The molecule has 6 nitrogen and oxygen atoms in total. The molecule has 0 aliphatic heterocycles. The molecule has 0 bridgehead atoms. The fourth-order valence-electron chi connectivity index (χ4n) is 1.78. The highest BCUT2D eigenvalue weighted by Crippen LogP contribution is 2.24. The minimum atomic E-state index is -3.98. The third kappa shape index (κ3) is 4.87. The summed E-state index contributed by atoms with van der Waals surface area (Å²) in [6, 6.07) is 3.15. The second-order valence-electron chi connectivity index (χ2n) is 5.02. The minimum Gasteiger partial charge on any atom is -0.468 e. The first-order valence-electron chi connectivity index (χ1n) is 6.32. The van der Waals surface area contributed by atoms with Gasteiger partial charge in [-0.05, 0) is 30.5 Å². The fourth-order valence-corrected chi connectivity index (χ4v) is 3.52. The Balaban J connectivity index is 3.11. The second kappa shape index (κ2) is 7.11. The molecule has 0 aliphatic carbocycles. The molecule has 1 unspecified atom stereocenters. The van der Waals surface area contributed by atoms with E-state index in [1.165, 1.54) is 25.3 Å². The number of nitrogens with two attached hydrogens (primary N) is 1. The number of rotatable bonds is 6. The van der Waals surface area contributed by atoms with Crippen molar-refractivity contribution in [3.8, 4) is 0 Å². The van der Waals surface area contributed by atoms with Gasteiger partial charge in [-0.15, -0.1) is 0 Å². The summed E-state index contributed by atoms with van der Waals surface area (Å²) in [6.07, 6.45) is 0.311. The van der Waals surface area contributed by atoms with Crippen LogP contribution in [-0.2, 0) is 19.6 Å². The summed E-state index contributed by atoms with van der Waals surface area (Å²) in [7, 11) is -2.77. The number of hydrogen-bond acceptors (Lipinski definition) is 5. The van der Waals surface area contributed by atoms with Crippen molar-refractivity contribution >= 4 is 33.3 Å². The highest BCUT2D eigenvalue weighted by atomic mass is 35.5. The van der Waals surface area contributed by atoms with Crippen LogP contribution in [0.5, 0.6) is 0 Å². The van der Waals surface area contributed by atoms with Crippen molar-refractivity contribution in [1.29, 1.82) is 0 Å². The zero-order valence-corrected chi connectivity index (χ0v) is 13.7. The lowest BCUT2D eigenvalue weighted by Crippen LogP contribution is -2.42. The number of nitrogen functional groups attached to an aromatic ring is 1. The average molecular weight is 335 g/mol. The number of benzene rings is 1. The molecule has 1 atom stereocenters. The topological polar surface area (TPSA) is 98.5 Å². The first-order chi connectivity index (χ1) is 9.67. The standard InChI is InChI=1S/C13H19ClN2O4S/c1-8(2)6-11(13(17)20-3)16-21(18,19)12-7-9(15)4-5-10(12)14/h4-5,7-8,11,16H,6,15H2,1-3H3. The molecule has 0 saturated heterocycles. The van der Waals surface area contributed by atoms with Gasteiger partial charge < -0.3 is 10.5 Å². The molecule has 0 radical (unpaired) electrons. The van der Waals surface area contributed by atoms with Gasteiger partial charge in [-0.2, -0.15) is 4.72 Å². The van der Waals surface area contributed by atoms with E-state index in [-0.39, 0.29) is 21.5 Å². The van der Waals surface area contributed by atoms with Crippen molar-refractivity contribution in [1.82, 2.24) is 4.72 Å². The van der Waals surface area contributed by atoms with Gasteiger partial charge in [0.15, 0.2) is 0 Å². The van der Waals surface area contributed by atoms with Gasteiger partial charge >= 0.3 is 5.97 Å². The lowest BCUT2D eigenvalue weighted by Gasteiger charge is -2.18. The van der Waals surface area contributed by atoms with Gasteiger partial charge in [-0.1, -0.05) is 25.4 Å². The van der Waals surface area contributed by atoms with E-state index in [0.29, 0.717) is 6.42 Å². The Kier molecular flexibility index (Phi) is 6.00. The second-order valence-corrected chi connectivity index (χ2v) is 7.11. The fraction of sp³-hybridized carbons (Fsp3) is 0.462. The predicted molar refractivity (Wildman–Crippen MR) is 81.4 cm³/mol. The monoisotopic (exact) mass is 334 g/mol. The Morgan fingerprint density at radius 2 is 2.05 bits per heavy atom. The summed E-state index contributed by atoms with van der Waals surface area (Å²) in [5.74, 6) is -0.541. The van der Waals surface area contributed by atoms with Gasteiger partial charge in [0.1, 0.15) is 10.9 Å². The molecule has 1 aromatic carbocycles. The van der Waals surface area contributed by atoms with Gasteiger partial charge in [0.2, 0.25) is 10.0 Å². The Labute approximate surface area is 129 Å². The van der Waals surface area contributed by atoms with E-state index in [1.807, 2.05) is 13.8 Å². The molecule has 3 N–H and O–H groups in total. The Bertz CT molecular complexity index is 617. The molecule has 1 aromatic rings. The quantitative estimate of drug-likeness (QED) is 0.610. The van der Waals surface area contributed by atoms with Crippen molar-refractivity contribution in [2.24, 2.45) is 5.92 Å². The van der Waals surface area contributed by atoms with Crippen molar-refractivity contribution in [3.63, 3.8) is 0 Å². The zero-order valence-electron chi connectivity index (χ0n) is 12.1. The number of nitrogens with one attached hydrogen (secondary N) is 1. The van der Waals surface area contributed by atoms with Gasteiger partial charge in [0.05, 0.1) is 12.1 Å². The SMILES string of the molecule is COC(=O)C(CC(C)C)NS(=O)(=O)c1cc(N)ccc1Cl. The lowest BCUT2D eigenvalue weighted by atomic mass is 10.1. The third-order valence-corrected chi connectivity index (χ3v) is 4.69.